The number of carbonyl (C=O) groups is 2. The van der Waals surface area contributed by atoms with Gasteiger partial charge in [-0.15, -0.1) is 0 Å². The van der Waals surface area contributed by atoms with Gasteiger partial charge < -0.3 is 29.4 Å². The Balaban J connectivity index is 1.97. The molecule has 2 N–H and O–H groups in total. The summed E-state index contributed by atoms with van der Waals surface area (Å²) in [5.41, 5.74) is 2.04. The number of anilines is 2. The second-order valence-electron chi connectivity index (χ2n) is 8.33. The summed E-state index contributed by atoms with van der Waals surface area (Å²) < 4.78 is 16.3. The Labute approximate surface area is 212 Å². The number of nitrogens with zero attached hydrogens (tertiary/aromatic N) is 1. The van der Waals surface area contributed by atoms with Crippen LogP contribution >= 0.6 is 0 Å². The molecule has 3 aromatic rings. The van der Waals surface area contributed by atoms with Crippen molar-refractivity contribution in [1.82, 2.24) is 5.32 Å². The highest BCUT2D eigenvalue weighted by molar-refractivity contribution is 6.09. The fourth-order valence-electron chi connectivity index (χ4n) is 3.90. The molecule has 2 amide bonds. The molecule has 2 aromatic carbocycles. The number of benzene rings is 2. The predicted octanol–water partition coefficient (Wildman–Crippen LogP) is 5.50. The summed E-state index contributed by atoms with van der Waals surface area (Å²) >= 11 is 0. The van der Waals surface area contributed by atoms with Crippen LogP contribution < -0.4 is 25.0 Å². The number of methoxy groups -OCH3 is 2. The van der Waals surface area contributed by atoms with Gasteiger partial charge in [-0.3, -0.25) is 9.59 Å². The standard InChI is InChI=1S/C28H35N3O5/c1-5-7-16-31(19-21-10-9-17-36-21)23-14-13-20(18-22(23)27(32)29-15-6-2)30-28(33)26-24(34-3)11-8-12-25(26)35-4/h8-14,17-18H,5-7,15-16,19H2,1-4H3,(H,29,32)(H,30,33). The van der Waals surface area contributed by atoms with Crippen molar-refractivity contribution in [2.75, 3.05) is 37.5 Å². The van der Waals surface area contributed by atoms with Crippen molar-refractivity contribution in [1.29, 1.82) is 0 Å². The minimum atomic E-state index is -0.393. The highest BCUT2D eigenvalue weighted by Gasteiger charge is 2.21. The molecule has 8 nitrogen and oxygen atoms in total. The molecule has 0 bridgehead atoms. The molecule has 192 valence electrons. The van der Waals surface area contributed by atoms with E-state index >= 15 is 0 Å². The van der Waals surface area contributed by atoms with Gasteiger partial charge in [0.1, 0.15) is 22.8 Å². The van der Waals surface area contributed by atoms with Gasteiger partial charge in [0, 0.05) is 18.8 Å². The van der Waals surface area contributed by atoms with Crippen molar-refractivity contribution >= 4 is 23.2 Å². The molecule has 36 heavy (non-hydrogen) atoms. The zero-order valence-electron chi connectivity index (χ0n) is 21.4. The lowest BCUT2D eigenvalue weighted by atomic mass is 10.1. The molecule has 0 aliphatic heterocycles. The fraction of sp³-hybridized carbons (Fsp3) is 0.357. The van der Waals surface area contributed by atoms with Crippen LogP contribution in [0.1, 0.15) is 59.6 Å². The smallest absolute Gasteiger partial charge is 0.263 e. The van der Waals surface area contributed by atoms with E-state index in [9.17, 15) is 9.59 Å². The Kier molecular flexibility index (Phi) is 9.80. The highest BCUT2D eigenvalue weighted by Crippen LogP contribution is 2.31. The Morgan fingerprint density at radius 1 is 0.944 bits per heavy atom. The first-order chi connectivity index (χ1) is 17.5. The summed E-state index contributed by atoms with van der Waals surface area (Å²) in [4.78, 5) is 28.5. The van der Waals surface area contributed by atoms with Crippen LogP contribution in [0.15, 0.2) is 59.2 Å². The van der Waals surface area contributed by atoms with E-state index in [0.29, 0.717) is 35.8 Å². The predicted molar refractivity (Wildman–Crippen MR) is 141 cm³/mol. The summed E-state index contributed by atoms with van der Waals surface area (Å²) in [7, 11) is 3.00. The summed E-state index contributed by atoms with van der Waals surface area (Å²) in [5.74, 6) is 1.02. The summed E-state index contributed by atoms with van der Waals surface area (Å²) in [6, 6.07) is 14.3. The van der Waals surface area contributed by atoms with Crippen molar-refractivity contribution in [3.63, 3.8) is 0 Å². The minimum absolute atomic E-state index is 0.196. The number of ether oxygens (including phenoxy) is 2. The molecule has 0 atom stereocenters. The van der Waals surface area contributed by atoms with Gasteiger partial charge in [0.05, 0.1) is 38.3 Å². The van der Waals surface area contributed by atoms with Crippen LogP contribution in [0.25, 0.3) is 0 Å². The number of unbranched alkanes of at least 4 members (excludes halogenated alkanes) is 1. The van der Waals surface area contributed by atoms with Crippen molar-refractivity contribution < 1.29 is 23.5 Å². The number of carbonyl (C=O) groups excluding carboxylic acids is 2. The van der Waals surface area contributed by atoms with E-state index in [1.807, 2.05) is 25.1 Å². The van der Waals surface area contributed by atoms with Gasteiger partial charge in [-0.2, -0.15) is 0 Å². The molecule has 0 saturated heterocycles. The third kappa shape index (κ3) is 6.59. The van der Waals surface area contributed by atoms with E-state index in [1.54, 1.807) is 36.6 Å². The molecule has 0 aliphatic carbocycles. The normalized spacial score (nSPS) is 10.6. The first kappa shape index (κ1) is 26.7. The van der Waals surface area contributed by atoms with Gasteiger partial charge in [0.25, 0.3) is 11.8 Å². The number of amides is 2. The molecule has 0 spiro atoms. The summed E-state index contributed by atoms with van der Waals surface area (Å²) in [6.07, 6.45) is 4.44. The van der Waals surface area contributed by atoms with Crippen LogP contribution in [0.4, 0.5) is 11.4 Å². The van der Waals surface area contributed by atoms with E-state index in [1.165, 1.54) is 14.2 Å². The van der Waals surface area contributed by atoms with Crippen molar-refractivity contribution in [3.8, 4) is 11.5 Å². The molecule has 1 aromatic heterocycles. The Morgan fingerprint density at radius 2 is 1.69 bits per heavy atom. The Bertz CT molecular complexity index is 1120. The van der Waals surface area contributed by atoms with Crippen molar-refractivity contribution in [2.24, 2.45) is 0 Å². The lowest BCUT2D eigenvalue weighted by Gasteiger charge is -2.26. The maximum absolute atomic E-state index is 13.2. The SMILES string of the molecule is CCCCN(Cc1ccco1)c1ccc(NC(=O)c2c(OC)cccc2OC)cc1C(=O)NCCC. The maximum atomic E-state index is 13.2. The average Bonchev–Trinajstić information content (AvgIpc) is 3.42. The number of hydrogen-bond donors (Lipinski definition) is 2. The monoisotopic (exact) mass is 493 g/mol. The molecule has 0 radical (unpaired) electrons. The Morgan fingerprint density at radius 3 is 2.31 bits per heavy atom. The third-order valence-corrected chi connectivity index (χ3v) is 5.74. The van der Waals surface area contributed by atoms with Crippen LogP contribution in [-0.4, -0.2) is 39.1 Å². The van der Waals surface area contributed by atoms with Gasteiger partial charge in [-0.1, -0.05) is 26.3 Å². The fourth-order valence-corrected chi connectivity index (χ4v) is 3.90. The van der Waals surface area contributed by atoms with Crippen LogP contribution in [0.5, 0.6) is 11.5 Å². The van der Waals surface area contributed by atoms with E-state index in [0.717, 1.165) is 37.3 Å². The zero-order valence-corrected chi connectivity index (χ0v) is 21.4. The maximum Gasteiger partial charge on any atom is 0.263 e. The molecule has 3 rings (SSSR count). The molecule has 0 saturated carbocycles. The zero-order chi connectivity index (χ0) is 25.9. The molecule has 0 fully saturated rings. The van der Waals surface area contributed by atoms with E-state index in [-0.39, 0.29) is 11.5 Å². The quantitative estimate of drug-likeness (QED) is 0.327. The number of rotatable bonds is 13. The van der Waals surface area contributed by atoms with Crippen LogP contribution in [0.2, 0.25) is 0 Å². The molecule has 0 unspecified atom stereocenters. The van der Waals surface area contributed by atoms with Crippen molar-refractivity contribution in [2.45, 2.75) is 39.7 Å². The van der Waals surface area contributed by atoms with Gasteiger partial charge in [0.15, 0.2) is 0 Å². The van der Waals surface area contributed by atoms with Crippen molar-refractivity contribution in [3.05, 3.63) is 71.7 Å². The second kappa shape index (κ2) is 13.2. The van der Waals surface area contributed by atoms with Crippen LogP contribution in [0.3, 0.4) is 0 Å². The number of furan rings is 1. The molecule has 8 heteroatoms. The Hall–Kier alpha value is -3.94. The van der Waals surface area contributed by atoms with Gasteiger partial charge in [0.2, 0.25) is 0 Å². The molecule has 0 aliphatic rings. The highest BCUT2D eigenvalue weighted by atomic mass is 16.5. The van der Waals surface area contributed by atoms with Crippen LogP contribution in [0, 0.1) is 0 Å². The lowest BCUT2D eigenvalue weighted by Crippen LogP contribution is -2.30. The first-order valence-electron chi connectivity index (χ1n) is 12.2. The topological polar surface area (TPSA) is 93.0 Å². The molecular weight excluding hydrogens is 458 g/mol. The van der Waals surface area contributed by atoms with Gasteiger partial charge in [-0.05, 0) is 55.3 Å². The van der Waals surface area contributed by atoms with E-state index in [4.69, 9.17) is 13.9 Å². The van der Waals surface area contributed by atoms with Gasteiger partial charge in [-0.25, -0.2) is 0 Å². The third-order valence-electron chi connectivity index (χ3n) is 5.74. The largest absolute Gasteiger partial charge is 0.496 e. The summed E-state index contributed by atoms with van der Waals surface area (Å²) in [5, 5.41) is 5.86. The summed E-state index contributed by atoms with van der Waals surface area (Å²) in [6.45, 7) is 5.98. The molecule has 1 heterocycles. The van der Waals surface area contributed by atoms with Crippen LogP contribution in [-0.2, 0) is 6.54 Å². The average molecular weight is 494 g/mol. The molecular formula is C28H35N3O5. The van der Waals surface area contributed by atoms with E-state index < -0.39 is 5.91 Å². The number of nitrogens with one attached hydrogen (secondary N) is 2. The minimum Gasteiger partial charge on any atom is -0.496 e. The second-order valence-corrected chi connectivity index (χ2v) is 8.33. The first-order valence-corrected chi connectivity index (χ1v) is 12.2. The number of hydrogen-bond acceptors (Lipinski definition) is 6. The lowest BCUT2D eigenvalue weighted by molar-refractivity contribution is 0.0952. The van der Waals surface area contributed by atoms with E-state index in [2.05, 4.69) is 22.5 Å². The van der Waals surface area contributed by atoms with Gasteiger partial charge >= 0.3 is 0 Å².